The Morgan fingerprint density at radius 1 is 0.950 bits per heavy atom. The Labute approximate surface area is 110 Å². The van der Waals surface area contributed by atoms with Gasteiger partial charge in [-0.2, -0.15) is 0 Å². The van der Waals surface area contributed by atoms with Gasteiger partial charge >= 0.3 is 0 Å². The highest BCUT2D eigenvalue weighted by Gasteiger charge is 2.17. The lowest BCUT2D eigenvalue weighted by atomic mass is 10.1. The molecule has 0 saturated carbocycles. The van der Waals surface area contributed by atoms with Crippen LogP contribution in [0.5, 0.6) is 0 Å². The van der Waals surface area contributed by atoms with Gasteiger partial charge in [-0.3, -0.25) is 24.2 Å². The second-order valence-corrected chi connectivity index (χ2v) is 4.46. The average Bonchev–Trinajstić information content (AvgIpc) is 2.83. The van der Waals surface area contributed by atoms with Crippen LogP contribution < -0.4 is 27.1 Å². The number of nitrogens with one attached hydrogen (secondary N) is 1. The van der Waals surface area contributed by atoms with E-state index >= 15 is 0 Å². The first-order valence-electron chi connectivity index (χ1n) is 6.10. The fraction of sp³-hybridized carbons (Fsp3) is 0.231. The topological polar surface area (TPSA) is 98.2 Å². The van der Waals surface area contributed by atoms with Crippen LogP contribution in [0.3, 0.4) is 0 Å². The van der Waals surface area contributed by atoms with Gasteiger partial charge in [0.2, 0.25) is 0 Å². The molecule has 0 saturated heterocycles. The van der Waals surface area contributed by atoms with Crippen LogP contribution in [0.15, 0.2) is 31.3 Å². The molecule has 1 N–H and O–H groups in total. The van der Waals surface area contributed by atoms with Gasteiger partial charge in [-0.1, -0.05) is 6.92 Å². The highest BCUT2D eigenvalue weighted by molar-refractivity contribution is 5.97. The predicted molar refractivity (Wildman–Crippen MR) is 73.0 cm³/mol. The van der Waals surface area contributed by atoms with Crippen molar-refractivity contribution in [1.82, 2.24) is 9.71 Å². The molecular formula is C13H10N2O5. The molecule has 7 heteroatoms. The Morgan fingerprint density at radius 3 is 1.90 bits per heavy atom. The summed E-state index contributed by atoms with van der Waals surface area (Å²) in [6.45, 7) is 2.07. The van der Waals surface area contributed by atoms with Gasteiger partial charge in [0.25, 0.3) is 22.2 Å². The van der Waals surface area contributed by atoms with Crippen LogP contribution in [0.2, 0.25) is 0 Å². The molecule has 0 bridgehead atoms. The van der Waals surface area contributed by atoms with Crippen molar-refractivity contribution in [3.63, 3.8) is 0 Å². The fourth-order valence-electron chi connectivity index (χ4n) is 2.18. The minimum atomic E-state index is -0.617. The van der Waals surface area contributed by atoms with Gasteiger partial charge in [0, 0.05) is 0 Å². The number of nitrogens with zero attached hydrogens (tertiary/aromatic N) is 1. The summed E-state index contributed by atoms with van der Waals surface area (Å²) in [5, 5.41) is 0.365. The molecule has 102 valence electrons. The van der Waals surface area contributed by atoms with E-state index in [1.807, 2.05) is 6.92 Å². The molecule has 1 aromatic carbocycles. The summed E-state index contributed by atoms with van der Waals surface area (Å²) in [4.78, 5) is 54.4. The van der Waals surface area contributed by atoms with E-state index in [4.69, 9.17) is 4.84 Å². The minimum absolute atomic E-state index is 0.0784. The van der Waals surface area contributed by atoms with Gasteiger partial charge in [-0.05, 0) is 18.6 Å². The Balaban J connectivity index is 2.44. The number of rotatable bonds is 3. The smallest absolute Gasteiger partial charge is 0.294 e. The van der Waals surface area contributed by atoms with Crippen molar-refractivity contribution >= 4 is 21.5 Å². The van der Waals surface area contributed by atoms with Crippen molar-refractivity contribution in [3.8, 4) is 0 Å². The lowest BCUT2D eigenvalue weighted by Gasteiger charge is -2.00. The molecule has 0 aliphatic heterocycles. The number of aromatic amines is 1. The summed E-state index contributed by atoms with van der Waals surface area (Å²) in [5.74, 6) is 0. The zero-order valence-corrected chi connectivity index (χ0v) is 10.6. The lowest BCUT2D eigenvalue weighted by molar-refractivity contribution is 0.0992. The van der Waals surface area contributed by atoms with Gasteiger partial charge in [0.1, 0.15) is 6.61 Å². The van der Waals surface area contributed by atoms with E-state index in [1.54, 1.807) is 0 Å². The van der Waals surface area contributed by atoms with E-state index < -0.39 is 22.2 Å². The molecule has 0 amide bonds. The summed E-state index contributed by atoms with van der Waals surface area (Å²) >= 11 is 0. The van der Waals surface area contributed by atoms with E-state index in [9.17, 15) is 19.2 Å². The van der Waals surface area contributed by atoms with Crippen LogP contribution in [-0.2, 0) is 0 Å². The maximum Gasteiger partial charge on any atom is 0.294 e. The second-order valence-electron chi connectivity index (χ2n) is 4.46. The second kappa shape index (κ2) is 4.16. The number of hydrogen-bond donors (Lipinski definition) is 1. The molecule has 0 unspecified atom stereocenters. The molecule has 20 heavy (non-hydrogen) atoms. The van der Waals surface area contributed by atoms with Crippen LogP contribution in [0, 0.1) is 0 Å². The van der Waals surface area contributed by atoms with Crippen LogP contribution in [-0.4, -0.2) is 16.3 Å². The van der Waals surface area contributed by atoms with Crippen molar-refractivity contribution in [2.24, 2.45) is 0 Å². The first kappa shape index (κ1) is 12.3. The molecule has 0 aliphatic rings. The maximum atomic E-state index is 12.1. The highest BCUT2D eigenvalue weighted by atomic mass is 16.7. The fourth-order valence-corrected chi connectivity index (χ4v) is 2.18. The van der Waals surface area contributed by atoms with Gasteiger partial charge in [-0.25, -0.2) is 0 Å². The zero-order valence-electron chi connectivity index (χ0n) is 10.6. The summed E-state index contributed by atoms with van der Waals surface area (Å²) in [7, 11) is 0. The van der Waals surface area contributed by atoms with E-state index in [0.29, 0.717) is 11.2 Å². The normalized spacial score (nSPS) is 11.4. The van der Waals surface area contributed by atoms with E-state index in [-0.39, 0.29) is 28.2 Å². The Hall–Kier alpha value is -2.70. The van der Waals surface area contributed by atoms with E-state index in [1.165, 1.54) is 12.1 Å². The molecular weight excluding hydrogens is 264 g/mol. The largest absolute Gasteiger partial charge is 0.407 e. The van der Waals surface area contributed by atoms with Crippen LogP contribution in [0.1, 0.15) is 13.3 Å². The molecule has 2 heterocycles. The number of aromatic nitrogens is 2. The van der Waals surface area contributed by atoms with Gasteiger partial charge in [-0.15, -0.1) is 4.73 Å². The van der Waals surface area contributed by atoms with Gasteiger partial charge in [0.15, 0.2) is 0 Å². The van der Waals surface area contributed by atoms with Crippen molar-refractivity contribution in [1.29, 1.82) is 0 Å². The average molecular weight is 274 g/mol. The lowest BCUT2D eigenvalue weighted by Crippen LogP contribution is -2.32. The standard InChI is InChI=1S/C13H10N2O5/c1-2-3-20-15-12(18)8-4-6-7(5-9(8)13(15)19)11(17)14-10(6)16/h4-5H,2-3H2,1H3,(H,14,16,17). The molecule has 0 aliphatic carbocycles. The van der Waals surface area contributed by atoms with Crippen molar-refractivity contribution < 1.29 is 4.84 Å². The molecule has 3 aromatic rings. The van der Waals surface area contributed by atoms with Crippen molar-refractivity contribution in [2.45, 2.75) is 13.3 Å². The SMILES string of the molecule is CCCOn1c(=O)c2cc3c(=O)[nH]c(=O)c3cc2c1=O. The molecule has 3 rings (SSSR count). The van der Waals surface area contributed by atoms with E-state index in [0.717, 1.165) is 0 Å². The van der Waals surface area contributed by atoms with Crippen molar-refractivity contribution in [2.75, 3.05) is 6.61 Å². The maximum absolute atomic E-state index is 12.1. The Morgan fingerprint density at radius 2 is 1.45 bits per heavy atom. The van der Waals surface area contributed by atoms with Gasteiger partial charge < -0.3 is 4.84 Å². The number of H-pyrrole nitrogens is 1. The summed E-state index contributed by atoms with van der Waals surface area (Å²) in [6, 6.07) is 2.53. The summed E-state index contributed by atoms with van der Waals surface area (Å²) < 4.78 is 0.672. The van der Waals surface area contributed by atoms with Crippen LogP contribution in [0.25, 0.3) is 21.5 Å². The first-order valence-corrected chi connectivity index (χ1v) is 6.10. The third-order valence-corrected chi connectivity index (χ3v) is 3.13. The van der Waals surface area contributed by atoms with Crippen LogP contribution >= 0.6 is 0 Å². The molecule has 7 nitrogen and oxygen atoms in total. The number of fused-ring (bicyclic) bond motifs is 2. The first-order chi connectivity index (χ1) is 9.54. The minimum Gasteiger partial charge on any atom is -0.407 e. The monoisotopic (exact) mass is 274 g/mol. The number of benzene rings is 1. The highest BCUT2D eigenvalue weighted by Crippen LogP contribution is 2.13. The molecule has 2 aromatic heterocycles. The molecule has 0 atom stereocenters. The van der Waals surface area contributed by atoms with Gasteiger partial charge in [0.05, 0.1) is 21.5 Å². The zero-order chi connectivity index (χ0) is 14.4. The summed E-state index contributed by atoms with van der Waals surface area (Å²) in [6.07, 6.45) is 0.644. The Bertz CT molecular complexity index is 942. The molecule has 0 radical (unpaired) electrons. The van der Waals surface area contributed by atoms with Crippen molar-refractivity contribution in [3.05, 3.63) is 53.5 Å². The Kier molecular flexibility index (Phi) is 2.56. The molecule has 0 fully saturated rings. The number of hydrogen-bond acceptors (Lipinski definition) is 5. The predicted octanol–water partition coefficient (Wildman–Crippen LogP) is -0.722. The quantitative estimate of drug-likeness (QED) is 0.679. The third kappa shape index (κ3) is 1.52. The molecule has 0 spiro atoms. The summed E-state index contributed by atoms with van der Waals surface area (Å²) in [5.41, 5.74) is -2.37. The third-order valence-electron chi connectivity index (χ3n) is 3.13. The van der Waals surface area contributed by atoms with Crippen LogP contribution in [0.4, 0.5) is 0 Å². The van der Waals surface area contributed by atoms with E-state index in [2.05, 4.69) is 4.98 Å².